The van der Waals surface area contributed by atoms with Gasteiger partial charge in [-0.1, -0.05) is 12.1 Å². The zero-order valence-electron chi connectivity index (χ0n) is 17.6. The first-order valence-electron chi connectivity index (χ1n) is 10.1. The second-order valence-corrected chi connectivity index (χ2v) is 7.26. The lowest BCUT2D eigenvalue weighted by Crippen LogP contribution is -2.45. The smallest absolute Gasteiger partial charge is 0.191 e. The van der Waals surface area contributed by atoms with E-state index in [4.69, 9.17) is 9.15 Å². The van der Waals surface area contributed by atoms with Crippen LogP contribution in [0.2, 0.25) is 0 Å². The molecule has 7 heteroatoms. The summed E-state index contributed by atoms with van der Waals surface area (Å²) in [5.41, 5.74) is 1.34. The molecule has 1 aromatic heterocycles. The van der Waals surface area contributed by atoms with Gasteiger partial charge in [-0.15, -0.1) is 24.0 Å². The third-order valence-corrected chi connectivity index (χ3v) is 5.31. The molecule has 29 heavy (non-hydrogen) atoms. The van der Waals surface area contributed by atoms with Crippen molar-refractivity contribution in [3.05, 3.63) is 54.0 Å². The lowest BCUT2D eigenvalue weighted by molar-refractivity contribution is 0.122. The van der Waals surface area contributed by atoms with E-state index in [9.17, 15) is 0 Å². The molecule has 1 saturated heterocycles. The number of halogens is 1. The number of rotatable bonds is 7. The van der Waals surface area contributed by atoms with Crippen LogP contribution in [0.4, 0.5) is 0 Å². The molecule has 0 radical (unpaired) electrons. The van der Waals surface area contributed by atoms with E-state index in [1.54, 1.807) is 13.4 Å². The van der Waals surface area contributed by atoms with Crippen LogP contribution >= 0.6 is 24.0 Å². The van der Waals surface area contributed by atoms with E-state index in [0.29, 0.717) is 18.5 Å². The lowest BCUT2D eigenvalue weighted by atomic mass is 9.85. The molecule has 160 valence electrons. The van der Waals surface area contributed by atoms with Crippen LogP contribution in [-0.2, 0) is 6.54 Å². The van der Waals surface area contributed by atoms with E-state index in [2.05, 4.69) is 58.8 Å². The first kappa shape index (κ1) is 23.5. The van der Waals surface area contributed by atoms with Gasteiger partial charge in [0.15, 0.2) is 5.96 Å². The number of furan rings is 1. The number of likely N-dealkylation sites (tertiary alicyclic amines) is 1. The van der Waals surface area contributed by atoms with Crippen LogP contribution in [-0.4, -0.2) is 44.7 Å². The van der Waals surface area contributed by atoms with Crippen molar-refractivity contribution in [1.82, 2.24) is 15.5 Å². The van der Waals surface area contributed by atoms with E-state index in [-0.39, 0.29) is 24.0 Å². The van der Waals surface area contributed by atoms with Crippen LogP contribution in [0.5, 0.6) is 5.75 Å². The molecule has 0 aliphatic carbocycles. The highest BCUT2D eigenvalue weighted by Gasteiger charge is 2.30. The summed E-state index contributed by atoms with van der Waals surface area (Å²) in [4.78, 5) is 7.11. The Balaban J connectivity index is 0.00000300. The summed E-state index contributed by atoms with van der Waals surface area (Å²) < 4.78 is 10.7. The first-order chi connectivity index (χ1) is 13.7. The van der Waals surface area contributed by atoms with Gasteiger partial charge >= 0.3 is 0 Å². The van der Waals surface area contributed by atoms with Crippen LogP contribution in [0, 0.1) is 5.92 Å². The van der Waals surface area contributed by atoms with Gasteiger partial charge in [-0.25, -0.2) is 4.99 Å². The standard InChI is InChI=1S/C22H32N4O2.HI/c1-4-23-22(25-16-20-8-6-14-28-20)24-15-18-7-5-13-26(2)21(18)17-9-11-19(27-3)12-10-17;/h6,8-12,14,18,21H,4-5,7,13,15-16H2,1-3H3,(H2,23,24,25);1H. The van der Waals surface area contributed by atoms with Crippen molar-refractivity contribution in [1.29, 1.82) is 0 Å². The van der Waals surface area contributed by atoms with Crippen molar-refractivity contribution in [2.75, 3.05) is 33.8 Å². The minimum Gasteiger partial charge on any atom is -0.497 e. The number of ether oxygens (including phenoxy) is 1. The Hall–Kier alpha value is -1.74. The van der Waals surface area contributed by atoms with E-state index in [1.807, 2.05) is 12.1 Å². The van der Waals surface area contributed by atoms with Gasteiger partial charge in [0.05, 0.1) is 13.4 Å². The summed E-state index contributed by atoms with van der Waals surface area (Å²) in [7, 11) is 3.93. The second-order valence-electron chi connectivity index (χ2n) is 7.26. The molecule has 1 aromatic carbocycles. The third kappa shape index (κ3) is 6.64. The number of hydrogen-bond acceptors (Lipinski definition) is 4. The van der Waals surface area contributed by atoms with Crippen LogP contribution in [0.1, 0.15) is 37.1 Å². The van der Waals surface area contributed by atoms with Crippen molar-refractivity contribution in [2.45, 2.75) is 32.4 Å². The molecule has 2 atom stereocenters. The van der Waals surface area contributed by atoms with Gasteiger partial charge in [0.25, 0.3) is 0 Å². The molecule has 2 heterocycles. The number of benzene rings is 1. The number of nitrogens with one attached hydrogen (secondary N) is 2. The highest BCUT2D eigenvalue weighted by molar-refractivity contribution is 14.0. The van der Waals surface area contributed by atoms with Gasteiger partial charge in [0, 0.05) is 19.1 Å². The molecule has 3 rings (SSSR count). The quantitative estimate of drug-likeness (QED) is 0.333. The van der Waals surface area contributed by atoms with Crippen LogP contribution in [0.15, 0.2) is 52.1 Å². The molecule has 1 fully saturated rings. The van der Waals surface area contributed by atoms with Crippen molar-refractivity contribution < 1.29 is 9.15 Å². The Kier molecular flexibility index (Phi) is 9.80. The average Bonchev–Trinajstić information content (AvgIpc) is 3.24. The molecule has 6 nitrogen and oxygen atoms in total. The van der Waals surface area contributed by atoms with Gasteiger partial charge in [-0.3, -0.25) is 4.90 Å². The minimum absolute atomic E-state index is 0. The average molecular weight is 512 g/mol. The van der Waals surface area contributed by atoms with Gasteiger partial charge in [0.2, 0.25) is 0 Å². The summed E-state index contributed by atoms with van der Waals surface area (Å²) in [6.45, 7) is 5.45. The van der Waals surface area contributed by atoms with Crippen molar-refractivity contribution in [2.24, 2.45) is 10.9 Å². The summed E-state index contributed by atoms with van der Waals surface area (Å²) in [5.74, 6) is 3.11. The van der Waals surface area contributed by atoms with Crippen molar-refractivity contribution >= 4 is 29.9 Å². The number of hydrogen-bond donors (Lipinski definition) is 2. The molecule has 0 bridgehead atoms. The Morgan fingerprint density at radius 2 is 2.03 bits per heavy atom. The van der Waals surface area contributed by atoms with Crippen LogP contribution in [0.25, 0.3) is 0 Å². The fourth-order valence-corrected chi connectivity index (χ4v) is 3.93. The van der Waals surface area contributed by atoms with E-state index >= 15 is 0 Å². The molecule has 2 aromatic rings. The highest BCUT2D eigenvalue weighted by Crippen LogP contribution is 2.35. The highest BCUT2D eigenvalue weighted by atomic mass is 127. The predicted molar refractivity (Wildman–Crippen MR) is 128 cm³/mol. The van der Waals surface area contributed by atoms with Crippen LogP contribution < -0.4 is 15.4 Å². The number of piperidine rings is 1. The van der Waals surface area contributed by atoms with Gasteiger partial charge < -0.3 is 19.8 Å². The fourth-order valence-electron chi connectivity index (χ4n) is 3.93. The monoisotopic (exact) mass is 512 g/mol. The minimum atomic E-state index is 0. The Morgan fingerprint density at radius 3 is 2.69 bits per heavy atom. The van der Waals surface area contributed by atoms with E-state index in [0.717, 1.165) is 37.1 Å². The molecule has 1 aliphatic rings. The maximum Gasteiger partial charge on any atom is 0.191 e. The van der Waals surface area contributed by atoms with E-state index in [1.165, 1.54) is 18.4 Å². The summed E-state index contributed by atoms with van der Waals surface area (Å²) in [6.07, 6.45) is 4.10. The molecule has 0 saturated carbocycles. The normalized spacial score (nSPS) is 20.0. The largest absolute Gasteiger partial charge is 0.497 e. The summed E-state index contributed by atoms with van der Waals surface area (Å²) in [6, 6.07) is 12.7. The fraction of sp³-hybridized carbons (Fsp3) is 0.500. The maximum atomic E-state index is 5.38. The SMILES string of the molecule is CCNC(=NCc1ccco1)NCC1CCCN(C)C1c1ccc(OC)cc1.I. The van der Waals surface area contributed by atoms with Crippen LogP contribution in [0.3, 0.4) is 0 Å². The molecule has 0 amide bonds. The zero-order valence-corrected chi connectivity index (χ0v) is 19.9. The zero-order chi connectivity index (χ0) is 19.8. The first-order valence-corrected chi connectivity index (χ1v) is 10.1. The maximum absolute atomic E-state index is 5.38. The Morgan fingerprint density at radius 1 is 1.24 bits per heavy atom. The number of guanidine groups is 1. The van der Waals surface area contributed by atoms with Gasteiger partial charge in [-0.2, -0.15) is 0 Å². The lowest BCUT2D eigenvalue weighted by Gasteiger charge is -2.40. The third-order valence-electron chi connectivity index (χ3n) is 5.31. The van der Waals surface area contributed by atoms with E-state index < -0.39 is 0 Å². The molecule has 0 spiro atoms. The predicted octanol–water partition coefficient (Wildman–Crippen LogP) is 4.04. The molecule has 1 aliphatic heterocycles. The summed E-state index contributed by atoms with van der Waals surface area (Å²) in [5, 5.41) is 6.87. The molecular formula is C22H33IN4O2. The number of aliphatic imine (C=N–C) groups is 1. The molecule has 2 unspecified atom stereocenters. The van der Waals surface area contributed by atoms with Crippen molar-refractivity contribution in [3.63, 3.8) is 0 Å². The van der Waals surface area contributed by atoms with Gasteiger partial charge in [0.1, 0.15) is 18.1 Å². The van der Waals surface area contributed by atoms with Crippen molar-refractivity contribution in [3.8, 4) is 5.75 Å². The van der Waals surface area contributed by atoms with Gasteiger partial charge in [-0.05, 0) is 69.1 Å². The molecular weight excluding hydrogens is 479 g/mol. The summed E-state index contributed by atoms with van der Waals surface area (Å²) >= 11 is 0. The Bertz CT molecular complexity index is 734. The molecule has 2 N–H and O–H groups in total. The Labute approximate surface area is 191 Å². The topological polar surface area (TPSA) is 62.0 Å². The number of nitrogens with zero attached hydrogens (tertiary/aromatic N) is 2. The number of methoxy groups -OCH3 is 1. The second kappa shape index (κ2) is 12.1.